The van der Waals surface area contributed by atoms with E-state index in [-0.39, 0.29) is 0 Å². The van der Waals surface area contributed by atoms with Gasteiger partial charge in [-0.3, -0.25) is 0 Å². The van der Waals surface area contributed by atoms with E-state index in [9.17, 15) is 0 Å². The highest BCUT2D eigenvalue weighted by Gasteiger charge is 2.48. The van der Waals surface area contributed by atoms with Crippen molar-refractivity contribution in [3.63, 3.8) is 0 Å². The van der Waals surface area contributed by atoms with Crippen molar-refractivity contribution < 1.29 is 0 Å². The quantitative estimate of drug-likeness (QED) is 0.159. The van der Waals surface area contributed by atoms with Gasteiger partial charge in [0.1, 0.15) is 11.4 Å². The van der Waals surface area contributed by atoms with Gasteiger partial charge in [0.15, 0.2) is 11.4 Å². The van der Waals surface area contributed by atoms with Gasteiger partial charge in [-0.25, -0.2) is 0 Å². The Bertz CT molecular complexity index is 2970. The molecular weight excluding hydrogens is 653 g/mol. The minimum Gasteiger partial charge on any atom is -0.309 e. The third-order valence-corrected chi connectivity index (χ3v) is 11.4. The summed E-state index contributed by atoms with van der Waals surface area (Å²) in [6, 6.07) is 78.0. The molecule has 0 N–H and O–H groups in total. The van der Waals surface area contributed by atoms with Gasteiger partial charge in [-0.1, -0.05) is 146 Å². The third kappa shape index (κ3) is 4.44. The lowest BCUT2D eigenvalue weighted by Gasteiger charge is -2.34. The maximum atomic E-state index is 2.49. The van der Waals surface area contributed by atoms with Crippen molar-refractivity contribution in [2.24, 2.45) is 0 Å². The molecule has 54 heavy (non-hydrogen) atoms. The second kappa shape index (κ2) is 12.0. The second-order valence-electron chi connectivity index (χ2n) is 14.3. The standard InChI is InChI=1S/C52H35N2/c1-4-16-36(17-5-1)37-28-30-38(31-29-37)46-33-40(32-39-18-10-11-23-43(39)46)53-49-26-14-12-24-44(49)47-34-48-45-25-13-15-27-51(45)54(52(48)35-50(47)53,41-19-6-2-7-20-41)42-21-8-3-9-22-42/h1-35H/q+1. The molecule has 1 aliphatic rings. The Kier molecular flexibility index (Phi) is 6.82. The molecule has 0 saturated carbocycles. The monoisotopic (exact) mass is 687 g/mol. The molecule has 0 aliphatic carbocycles. The molecule has 0 unspecified atom stereocenters. The normalized spacial score (nSPS) is 13.0. The zero-order valence-electron chi connectivity index (χ0n) is 29.6. The molecule has 1 aromatic heterocycles. The maximum absolute atomic E-state index is 2.49. The minimum atomic E-state index is 0.515. The van der Waals surface area contributed by atoms with Crippen molar-refractivity contribution in [2.75, 3.05) is 0 Å². The van der Waals surface area contributed by atoms with E-state index in [4.69, 9.17) is 0 Å². The van der Waals surface area contributed by atoms with Gasteiger partial charge in [-0.05, 0) is 63.4 Å². The Morgan fingerprint density at radius 3 is 1.63 bits per heavy atom. The van der Waals surface area contributed by atoms with Crippen LogP contribution in [0.1, 0.15) is 0 Å². The highest BCUT2D eigenvalue weighted by Crippen LogP contribution is 2.63. The zero-order chi connectivity index (χ0) is 35.6. The van der Waals surface area contributed by atoms with Gasteiger partial charge in [-0.15, -0.1) is 0 Å². The smallest absolute Gasteiger partial charge is 0.158 e. The molecule has 1 aliphatic heterocycles. The van der Waals surface area contributed by atoms with Crippen LogP contribution >= 0.6 is 0 Å². The van der Waals surface area contributed by atoms with Crippen LogP contribution in [0.5, 0.6) is 0 Å². The number of hydrogen-bond donors (Lipinski definition) is 0. The van der Waals surface area contributed by atoms with E-state index in [1.54, 1.807) is 0 Å². The maximum Gasteiger partial charge on any atom is 0.158 e. The molecule has 0 fully saturated rings. The average molecular weight is 688 g/mol. The summed E-state index contributed by atoms with van der Waals surface area (Å²) in [4.78, 5) is 0. The highest BCUT2D eigenvalue weighted by molar-refractivity contribution is 6.15. The molecular formula is C52H35N2+. The number of rotatable bonds is 5. The van der Waals surface area contributed by atoms with Crippen molar-refractivity contribution in [2.45, 2.75) is 0 Å². The van der Waals surface area contributed by atoms with E-state index in [1.807, 2.05) is 0 Å². The summed E-state index contributed by atoms with van der Waals surface area (Å²) in [6.45, 7) is 0. The van der Waals surface area contributed by atoms with Crippen molar-refractivity contribution >= 4 is 55.3 Å². The first-order chi connectivity index (χ1) is 26.8. The number of nitrogens with zero attached hydrogens (tertiary/aromatic N) is 2. The largest absolute Gasteiger partial charge is 0.309 e. The molecule has 10 aromatic rings. The van der Waals surface area contributed by atoms with Crippen LogP contribution < -0.4 is 4.48 Å². The summed E-state index contributed by atoms with van der Waals surface area (Å²) in [6.07, 6.45) is 0. The number of fused-ring (bicyclic) bond motifs is 7. The van der Waals surface area contributed by atoms with E-state index < -0.39 is 0 Å². The second-order valence-corrected chi connectivity index (χ2v) is 14.3. The Morgan fingerprint density at radius 1 is 0.315 bits per heavy atom. The topological polar surface area (TPSA) is 4.93 Å². The fourth-order valence-electron chi connectivity index (χ4n) is 9.04. The van der Waals surface area contributed by atoms with Gasteiger partial charge >= 0.3 is 0 Å². The average Bonchev–Trinajstić information content (AvgIpc) is 3.73. The highest BCUT2D eigenvalue weighted by atomic mass is 15.4. The Hall–Kier alpha value is -7.00. The van der Waals surface area contributed by atoms with Crippen LogP contribution in [-0.4, -0.2) is 4.57 Å². The Labute approximate surface area is 314 Å². The van der Waals surface area contributed by atoms with E-state index in [1.165, 1.54) is 88.7 Å². The van der Waals surface area contributed by atoms with E-state index in [0.29, 0.717) is 4.48 Å². The lowest BCUT2D eigenvalue weighted by Crippen LogP contribution is -2.31. The van der Waals surface area contributed by atoms with E-state index >= 15 is 0 Å². The van der Waals surface area contributed by atoms with Gasteiger partial charge in [0.25, 0.3) is 0 Å². The van der Waals surface area contributed by atoms with Crippen molar-refractivity contribution in [1.29, 1.82) is 0 Å². The SMILES string of the molecule is c1ccc(-c2ccc(-c3cc(-n4c5ccccc5c5cc6c(cc54)[N+](c4ccccc4)(c4ccccc4)c4ccccc4-6)cc4ccccc34)cc2)cc1. The van der Waals surface area contributed by atoms with E-state index in [2.05, 4.69) is 217 Å². The van der Waals surface area contributed by atoms with Crippen LogP contribution in [0.15, 0.2) is 212 Å². The summed E-state index contributed by atoms with van der Waals surface area (Å²) in [5.41, 5.74) is 15.9. The molecule has 0 bridgehead atoms. The molecule has 0 amide bonds. The van der Waals surface area contributed by atoms with Crippen LogP contribution in [0, 0.1) is 0 Å². The predicted molar refractivity (Wildman–Crippen MR) is 228 cm³/mol. The Balaban J connectivity index is 1.21. The molecule has 0 radical (unpaired) electrons. The predicted octanol–water partition coefficient (Wildman–Crippen LogP) is 14.6. The number of quaternary nitrogens is 1. The molecule has 0 spiro atoms. The first kappa shape index (κ1) is 30.6. The van der Waals surface area contributed by atoms with E-state index in [0.717, 1.165) is 5.69 Å². The van der Waals surface area contributed by atoms with Crippen LogP contribution in [0.3, 0.4) is 0 Å². The summed E-state index contributed by atoms with van der Waals surface area (Å²) in [5, 5.41) is 4.96. The van der Waals surface area contributed by atoms with Crippen molar-refractivity contribution in [3.05, 3.63) is 212 Å². The first-order valence-corrected chi connectivity index (χ1v) is 18.7. The first-order valence-electron chi connectivity index (χ1n) is 18.7. The summed E-state index contributed by atoms with van der Waals surface area (Å²) < 4.78 is 3.01. The van der Waals surface area contributed by atoms with Gasteiger partial charge in [0.05, 0.1) is 22.2 Å². The van der Waals surface area contributed by atoms with Gasteiger partial charge in [0, 0.05) is 52.9 Å². The summed E-state index contributed by atoms with van der Waals surface area (Å²) >= 11 is 0. The lowest BCUT2D eigenvalue weighted by molar-refractivity contribution is 0.721. The van der Waals surface area contributed by atoms with Crippen molar-refractivity contribution in [3.8, 4) is 39.1 Å². The summed E-state index contributed by atoms with van der Waals surface area (Å²) in [7, 11) is 0. The number of hydrogen-bond acceptors (Lipinski definition) is 0. The molecule has 0 atom stereocenters. The lowest BCUT2D eigenvalue weighted by atomic mass is 9.95. The minimum absolute atomic E-state index is 0.515. The molecule has 252 valence electrons. The third-order valence-electron chi connectivity index (χ3n) is 11.4. The van der Waals surface area contributed by atoms with Crippen LogP contribution in [0.2, 0.25) is 0 Å². The molecule has 11 rings (SSSR count). The fourth-order valence-corrected chi connectivity index (χ4v) is 9.04. The number of aromatic nitrogens is 1. The van der Waals surface area contributed by atoms with Crippen LogP contribution in [0.4, 0.5) is 22.7 Å². The molecule has 2 heteroatoms. The fraction of sp³-hybridized carbons (Fsp3) is 0. The van der Waals surface area contributed by atoms with Gasteiger partial charge in [0.2, 0.25) is 0 Å². The molecule has 0 saturated heterocycles. The van der Waals surface area contributed by atoms with Gasteiger partial charge in [-0.2, -0.15) is 4.48 Å². The zero-order valence-corrected chi connectivity index (χ0v) is 29.6. The van der Waals surface area contributed by atoms with Crippen LogP contribution in [-0.2, 0) is 0 Å². The van der Waals surface area contributed by atoms with Gasteiger partial charge < -0.3 is 4.57 Å². The van der Waals surface area contributed by atoms with Crippen LogP contribution in [0.25, 0.3) is 71.6 Å². The Morgan fingerprint density at radius 2 is 0.889 bits per heavy atom. The number of para-hydroxylation sites is 4. The summed E-state index contributed by atoms with van der Waals surface area (Å²) in [5.74, 6) is 0. The molecule has 2 nitrogen and oxygen atoms in total. The number of benzene rings is 9. The van der Waals surface area contributed by atoms with Crippen molar-refractivity contribution in [1.82, 2.24) is 9.05 Å². The molecule has 9 aromatic carbocycles. The molecule has 2 heterocycles.